The molecule has 1 unspecified atom stereocenters. The van der Waals surface area contributed by atoms with E-state index in [1.54, 1.807) is 18.0 Å². The van der Waals surface area contributed by atoms with Gasteiger partial charge in [0.05, 0.1) is 0 Å². The number of carbonyl (C=O) groups is 1. The van der Waals surface area contributed by atoms with Crippen LogP contribution >= 0.6 is 0 Å². The van der Waals surface area contributed by atoms with E-state index in [4.69, 9.17) is 5.53 Å². The van der Waals surface area contributed by atoms with Crippen molar-refractivity contribution in [1.29, 1.82) is 5.53 Å². The predicted octanol–water partition coefficient (Wildman–Crippen LogP) is 1.05. The summed E-state index contributed by atoms with van der Waals surface area (Å²) in [4.78, 5) is 12.7. The molecular formula is C7H13N3O. The fourth-order valence-corrected chi connectivity index (χ4v) is 0.425. The van der Waals surface area contributed by atoms with Gasteiger partial charge in [-0.15, -0.1) is 0 Å². The summed E-state index contributed by atoms with van der Waals surface area (Å²) >= 11 is 0. The Morgan fingerprint density at radius 2 is 2.18 bits per heavy atom. The van der Waals surface area contributed by atoms with Gasteiger partial charge in [-0.3, -0.25) is 4.79 Å². The Hall–Kier alpha value is -1.19. The van der Waals surface area contributed by atoms with Crippen molar-refractivity contribution >= 4 is 5.78 Å². The van der Waals surface area contributed by atoms with Gasteiger partial charge in [0.15, 0.2) is 5.78 Å². The first-order valence-electron chi connectivity index (χ1n) is 3.33. The molecule has 0 aromatic carbocycles. The van der Waals surface area contributed by atoms with E-state index in [-0.39, 0.29) is 5.78 Å². The van der Waals surface area contributed by atoms with Crippen molar-refractivity contribution in [2.24, 2.45) is 5.11 Å². The number of nitrogens with one attached hydrogen (secondary N) is 1. The van der Waals surface area contributed by atoms with E-state index in [0.717, 1.165) is 0 Å². The zero-order chi connectivity index (χ0) is 8.85. The van der Waals surface area contributed by atoms with Crippen molar-refractivity contribution in [2.75, 3.05) is 14.1 Å². The molecule has 0 bridgehead atoms. The second kappa shape index (κ2) is 4.60. The van der Waals surface area contributed by atoms with E-state index in [2.05, 4.69) is 5.11 Å². The van der Waals surface area contributed by atoms with E-state index in [1.165, 1.54) is 6.08 Å². The van der Waals surface area contributed by atoms with Crippen LogP contribution < -0.4 is 0 Å². The minimum atomic E-state index is -0.550. The minimum absolute atomic E-state index is 0.145. The highest BCUT2D eigenvalue weighted by molar-refractivity contribution is 5.93. The van der Waals surface area contributed by atoms with Crippen LogP contribution in [0.25, 0.3) is 0 Å². The smallest absolute Gasteiger partial charge is 0.183 e. The zero-order valence-electron chi connectivity index (χ0n) is 7.03. The Kier molecular flexibility index (Phi) is 4.10. The molecule has 0 saturated heterocycles. The lowest BCUT2D eigenvalue weighted by Crippen LogP contribution is -2.12. The van der Waals surface area contributed by atoms with Crippen LogP contribution in [0.4, 0.5) is 0 Å². The molecule has 1 atom stereocenters. The van der Waals surface area contributed by atoms with Gasteiger partial charge in [0.2, 0.25) is 0 Å². The van der Waals surface area contributed by atoms with Crippen LogP contribution in [-0.2, 0) is 4.79 Å². The van der Waals surface area contributed by atoms with Crippen LogP contribution in [0.1, 0.15) is 6.92 Å². The van der Waals surface area contributed by atoms with E-state index in [0.29, 0.717) is 0 Å². The van der Waals surface area contributed by atoms with Crippen molar-refractivity contribution in [2.45, 2.75) is 13.0 Å². The van der Waals surface area contributed by atoms with Crippen LogP contribution in [0, 0.1) is 5.53 Å². The van der Waals surface area contributed by atoms with Gasteiger partial charge in [-0.05, 0) is 13.0 Å². The van der Waals surface area contributed by atoms with Crippen molar-refractivity contribution in [3.05, 3.63) is 12.3 Å². The molecule has 0 aromatic rings. The number of nitrogens with zero attached hydrogens (tertiary/aromatic N) is 2. The third-order valence-corrected chi connectivity index (χ3v) is 1.14. The summed E-state index contributed by atoms with van der Waals surface area (Å²) in [6.45, 7) is 1.59. The summed E-state index contributed by atoms with van der Waals surface area (Å²) in [7, 11) is 3.65. The van der Waals surface area contributed by atoms with Gasteiger partial charge in [-0.2, -0.15) is 5.11 Å². The predicted molar refractivity (Wildman–Crippen MR) is 42.4 cm³/mol. The summed E-state index contributed by atoms with van der Waals surface area (Å²) in [6, 6.07) is -0.550. The Morgan fingerprint density at radius 3 is 2.55 bits per heavy atom. The molecule has 0 aromatic heterocycles. The molecule has 0 amide bonds. The Bertz CT molecular complexity index is 175. The zero-order valence-corrected chi connectivity index (χ0v) is 7.03. The van der Waals surface area contributed by atoms with Crippen LogP contribution in [0.5, 0.6) is 0 Å². The van der Waals surface area contributed by atoms with Crippen LogP contribution in [-0.4, -0.2) is 30.8 Å². The highest BCUT2D eigenvalue weighted by Gasteiger charge is 2.05. The van der Waals surface area contributed by atoms with Gasteiger partial charge < -0.3 is 4.90 Å². The van der Waals surface area contributed by atoms with Crippen molar-refractivity contribution in [1.82, 2.24) is 4.90 Å². The Balaban J connectivity index is 3.96. The maximum absolute atomic E-state index is 11.0. The van der Waals surface area contributed by atoms with Crippen LogP contribution in [0.15, 0.2) is 17.4 Å². The minimum Gasteiger partial charge on any atom is -0.383 e. The standard InChI is InChI=1S/C7H13N3O/c1-6(9-8)7(11)4-5-10(2)3/h4-6,8H,1-3H3/b5-4+,9-8?. The van der Waals surface area contributed by atoms with E-state index >= 15 is 0 Å². The molecule has 0 spiro atoms. The van der Waals surface area contributed by atoms with Gasteiger partial charge >= 0.3 is 0 Å². The second-order valence-electron chi connectivity index (χ2n) is 2.49. The van der Waals surface area contributed by atoms with Gasteiger partial charge in [-0.1, -0.05) is 0 Å². The average Bonchev–Trinajstić information content (AvgIpc) is 1.98. The number of hydrogen-bond acceptors (Lipinski definition) is 4. The SMILES string of the molecule is CC(N=N)C(=O)/C=C/N(C)C. The largest absolute Gasteiger partial charge is 0.383 e. The molecular weight excluding hydrogens is 142 g/mol. The topological polar surface area (TPSA) is 56.5 Å². The van der Waals surface area contributed by atoms with Crippen LogP contribution in [0.3, 0.4) is 0 Å². The third kappa shape index (κ3) is 4.25. The molecule has 0 heterocycles. The molecule has 4 heteroatoms. The summed E-state index contributed by atoms with van der Waals surface area (Å²) in [5.74, 6) is -0.145. The quantitative estimate of drug-likeness (QED) is 0.487. The fraction of sp³-hybridized carbons (Fsp3) is 0.571. The molecule has 0 aliphatic rings. The molecule has 0 saturated carbocycles. The highest BCUT2D eigenvalue weighted by Crippen LogP contribution is 1.92. The van der Waals surface area contributed by atoms with Crippen molar-refractivity contribution < 1.29 is 4.79 Å². The fourth-order valence-electron chi connectivity index (χ4n) is 0.425. The average molecular weight is 155 g/mol. The first kappa shape index (κ1) is 9.81. The Labute approximate surface area is 66.4 Å². The lowest BCUT2D eigenvalue weighted by molar-refractivity contribution is -0.115. The summed E-state index contributed by atoms with van der Waals surface area (Å²) in [6.07, 6.45) is 3.06. The van der Waals surface area contributed by atoms with Gasteiger partial charge in [0.25, 0.3) is 0 Å². The Morgan fingerprint density at radius 1 is 1.64 bits per heavy atom. The molecule has 62 valence electrons. The van der Waals surface area contributed by atoms with E-state index in [9.17, 15) is 4.79 Å². The number of hydrogen-bond donors (Lipinski definition) is 1. The number of ketones is 1. The molecule has 0 radical (unpaired) electrons. The van der Waals surface area contributed by atoms with E-state index in [1.807, 2.05) is 14.1 Å². The highest BCUT2D eigenvalue weighted by atomic mass is 16.1. The molecule has 11 heavy (non-hydrogen) atoms. The maximum Gasteiger partial charge on any atom is 0.183 e. The molecule has 0 aliphatic heterocycles. The second-order valence-corrected chi connectivity index (χ2v) is 2.49. The van der Waals surface area contributed by atoms with Crippen molar-refractivity contribution in [3.8, 4) is 0 Å². The first-order valence-corrected chi connectivity index (χ1v) is 3.33. The molecule has 0 aliphatic carbocycles. The lowest BCUT2D eigenvalue weighted by atomic mass is 10.2. The third-order valence-electron chi connectivity index (χ3n) is 1.14. The molecule has 0 rings (SSSR count). The summed E-state index contributed by atoms with van der Waals surface area (Å²) < 4.78 is 0. The van der Waals surface area contributed by atoms with E-state index < -0.39 is 6.04 Å². The van der Waals surface area contributed by atoms with Crippen molar-refractivity contribution in [3.63, 3.8) is 0 Å². The van der Waals surface area contributed by atoms with Gasteiger partial charge in [-0.25, -0.2) is 5.53 Å². The lowest BCUT2D eigenvalue weighted by Gasteiger charge is -2.03. The molecule has 4 nitrogen and oxygen atoms in total. The van der Waals surface area contributed by atoms with Gasteiger partial charge in [0, 0.05) is 20.3 Å². The summed E-state index contributed by atoms with van der Waals surface area (Å²) in [5, 5.41) is 3.10. The van der Waals surface area contributed by atoms with Gasteiger partial charge in [0.1, 0.15) is 6.04 Å². The molecule has 1 N–H and O–H groups in total. The maximum atomic E-state index is 11.0. The summed E-state index contributed by atoms with van der Waals surface area (Å²) in [5.41, 5.74) is 6.58. The molecule has 0 fully saturated rings. The van der Waals surface area contributed by atoms with Crippen LogP contribution in [0.2, 0.25) is 0 Å². The number of rotatable bonds is 4. The number of carbonyl (C=O) groups excluding carboxylic acids is 1. The first-order chi connectivity index (χ1) is 5.07. The normalized spacial score (nSPS) is 13.0. The monoisotopic (exact) mass is 155 g/mol.